The van der Waals surface area contributed by atoms with Crippen molar-refractivity contribution in [3.63, 3.8) is 0 Å². The monoisotopic (exact) mass is 500 g/mol. The van der Waals surface area contributed by atoms with Crippen molar-refractivity contribution >= 4 is 29.8 Å². The highest BCUT2D eigenvalue weighted by molar-refractivity contribution is 8.04. The number of carbonyl (C=O) groups excluding carboxylic acids is 1. The summed E-state index contributed by atoms with van der Waals surface area (Å²) >= 11 is 1.52. The number of fused-ring (bicyclic) bond motifs is 1. The Labute approximate surface area is 217 Å². The number of ether oxygens (including phenoxy) is 1. The Bertz CT molecular complexity index is 1210. The zero-order chi connectivity index (χ0) is 24.9. The summed E-state index contributed by atoms with van der Waals surface area (Å²) in [6.07, 6.45) is 11.3. The van der Waals surface area contributed by atoms with Gasteiger partial charge in [0.2, 0.25) is 0 Å². The number of nitrogens with zero attached hydrogens (tertiary/aromatic N) is 3. The molecule has 2 atom stereocenters. The molecule has 186 valence electrons. The molecule has 1 aliphatic carbocycles. The minimum absolute atomic E-state index is 0.0471. The minimum atomic E-state index is 0.0471. The van der Waals surface area contributed by atoms with E-state index in [1.165, 1.54) is 17.5 Å². The first kappa shape index (κ1) is 24.4. The lowest BCUT2D eigenvalue weighted by molar-refractivity contribution is 0.0582. The van der Waals surface area contributed by atoms with Crippen molar-refractivity contribution in [1.29, 1.82) is 0 Å². The van der Waals surface area contributed by atoms with E-state index in [0.29, 0.717) is 36.4 Å². The SMILES string of the molecule is COc1cc(C(=O)N2CCN(C(C)c3ccccc3)CC2)ccc1NSC1=C2N=CC=CC2CC=C1. The number of anilines is 1. The maximum atomic E-state index is 13.3. The fourth-order valence-corrected chi connectivity index (χ4v) is 5.74. The summed E-state index contributed by atoms with van der Waals surface area (Å²) in [7, 11) is 1.64. The molecule has 2 aromatic rings. The standard InChI is InChI=1S/C29H32N4O2S/c1-21(22-8-4-3-5-9-22)32-16-18-33(19-17-32)29(34)24-13-14-25(26(20-24)35-2)31-36-27-12-6-10-23-11-7-15-30-28(23)27/h3-9,11-15,20-21,23,31H,10,16-19H2,1-2H3. The highest BCUT2D eigenvalue weighted by atomic mass is 32.2. The van der Waals surface area contributed by atoms with Crippen LogP contribution in [0.4, 0.5) is 5.69 Å². The second-order valence-corrected chi connectivity index (χ2v) is 10.0. The summed E-state index contributed by atoms with van der Waals surface area (Å²) in [6.45, 7) is 5.39. The van der Waals surface area contributed by atoms with Gasteiger partial charge < -0.3 is 14.4 Å². The molecule has 2 heterocycles. The normalized spacial score (nSPS) is 20.3. The van der Waals surface area contributed by atoms with Gasteiger partial charge in [0.05, 0.1) is 23.4 Å². The van der Waals surface area contributed by atoms with Gasteiger partial charge in [0, 0.05) is 49.9 Å². The van der Waals surface area contributed by atoms with Crippen LogP contribution in [0.25, 0.3) is 0 Å². The van der Waals surface area contributed by atoms with E-state index in [4.69, 9.17) is 4.74 Å². The Morgan fingerprint density at radius 3 is 2.72 bits per heavy atom. The first-order valence-electron chi connectivity index (χ1n) is 12.4. The predicted molar refractivity (Wildman–Crippen MR) is 148 cm³/mol. The molecule has 2 unspecified atom stereocenters. The third-order valence-corrected chi connectivity index (χ3v) is 7.94. The van der Waals surface area contributed by atoms with Gasteiger partial charge in [-0.15, -0.1) is 0 Å². The summed E-state index contributed by atoms with van der Waals surface area (Å²) in [6, 6.07) is 16.5. The number of allylic oxidation sites excluding steroid dienone is 4. The van der Waals surface area contributed by atoms with Crippen molar-refractivity contribution in [2.24, 2.45) is 10.9 Å². The minimum Gasteiger partial charge on any atom is -0.495 e. The first-order chi connectivity index (χ1) is 17.6. The third-order valence-electron chi connectivity index (χ3n) is 7.06. The number of rotatable bonds is 7. The molecule has 1 amide bonds. The summed E-state index contributed by atoms with van der Waals surface area (Å²) < 4.78 is 9.04. The van der Waals surface area contributed by atoms with E-state index in [1.807, 2.05) is 41.5 Å². The molecule has 0 spiro atoms. The van der Waals surface area contributed by atoms with Crippen LogP contribution in [-0.2, 0) is 0 Å². The summed E-state index contributed by atoms with van der Waals surface area (Å²) in [5, 5.41) is 0. The molecule has 1 N–H and O–H groups in total. The molecular weight excluding hydrogens is 468 g/mol. The smallest absolute Gasteiger partial charge is 0.254 e. The second-order valence-electron chi connectivity index (χ2n) is 9.19. The lowest BCUT2D eigenvalue weighted by Gasteiger charge is -2.38. The van der Waals surface area contributed by atoms with Crippen molar-refractivity contribution in [1.82, 2.24) is 9.80 Å². The molecule has 36 heavy (non-hydrogen) atoms. The lowest BCUT2D eigenvalue weighted by Crippen LogP contribution is -2.49. The Morgan fingerprint density at radius 1 is 1.14 bits per heavy atom. The zero-order valence-corrected chi connectivity index (χ0v) is 21.6. The van der Waals surface area contributed by atoms with E-state index in [-0.39, 0.29) is 5.91 Å². The van der Waals surface area contributed by atoms with Crippen molar-refractivity contribution in [2.45, 2.75) is 19.4 Å². The van der Waals surface area contributed by atoms with E-state index in [1.54, 1.807) is 7.11 Å². The second kappa shape index (κ2) is 11.2. The third kappa shape index (κ3) is 5.27. The number of aliphatic imine (C=N–C) groups is 1. The van der Waals surface area contributed by atoms with E-state index < -0.39 is 0 Å². The molecule has 1 fully saturated rings. The highest BCUT2D eigenvalue weighted by Gasteiger charge is 2.26. The van der Waals surface area contributed by atoms with Crippen LogP contribution >= 0.6 is 11.9 Å². The number of methoxy groups -OCH3 is 1. The highest BCUT2D eigenvalue weighted by Crippen LogP contribution is 2.37. The molecule has 6 nitrogen and oxygen atoms in total. The van der Waals surface area contributed by atoms with Crippen LogP contribution in [0.5, 0.6) is 5.75 Å². The summed E-state index contributed by atoms with van der Waals surface area (Å²) in [4.78, 5) is 23.3. The molecule has 2 aliphatic heterocycles. The van der Waals surface area contributed by atoms with E-state index >= 15 is 0 Å². The molecule has 3 aliphatic rings. The Morgan fingerprint density at radius 2 is 1.94 bits per heavy atom. The number of nitrogens with one attached hydrogen (secondary N) is 1. The van der Waals surface area contributed by atoms with Gasteiger partial charge in [-0.1, -0.05) is 42.5 Å². The number of hydrogen-bond donors (Lipinski definition) is 1. The maximum Gasteiger partial charge on any atom is 0.254 e. The van der Waals surface area contributed by atoms with Gasteiger partial charge in [0.25, 0.3) is 5.91 Å². The van der Waals surface area contributed by atoms with Gasteiger partial charge in [-0.25, -0.2) is 0 Å². The number of amides is 1. The number of benzene rings is 2. The molecule has 0 saturated carbocycles. The van der Waals surface area contributed by atoms with Crippen LogP contribution < -0.4 is 9.46 Å². The number of dihydropyridines is 1. The molecule has 5 rings (SSSR count). The van der Waals surface area contributed by atoms with Crippen molar-refractivity contribution in [3.8, 4) is 5.75 Å². The quantitative estimate of drug-likeness (QED) is 0.494. The van der Waals surface area contributed by atoms with Gasteiger partial charge in [-0.2, -0.15) is 0 Å². The molecule has 0 radical (unpaired) electrons. The molecule has 0 bridgehead atoms. The van der Waals surface area contributed by atoms with Crippen LogP contribution in [0.1, 0.15) is 35.3 Å². The van der Waals surface area contributed by atoms with Gasteiger partial charge in [0.15, 0.2) is 0 Å². The first-order valence-corrected chi connectivity index (χ1v) is 13.3. The predicted octanol–water partition coefficient (Wildman–Crippen LogP) is 5.70. The zero-order valence-electron chi connectivity index (χ0n) is 20.8. The average molecular weight is 501 g/mol. The summed E-state index contributed by atoms with van der Waals surface area (Å²) in [5.74, 6) is 1.03. The van der Waals surface area contributed by atoms with Crippen LogP contribution in [0.15, 0.2) is 88.4 Å². The largest absolute Gasteiger partial charge is 0.495 e. The number of carbonyl (C=O) groups is 1. The Hall–Kier alpha value is -3.29. The van der Waals surface area contributed by atoms with Gasteiger partial charge in [-0.05, 0) is 61.2 Å². The molecule has 0 aromatic heterocycles. The lowest BCUT2D eigenvalue weighted by atomic mass is 9.95. The van der Waals surface area contributed by atoms with Gasteiger partial charge in [-0.3, -0.25) is 14.7 Å². The molecular formula is C29H32N4O2S. The number of piperazine rings is 1. The van der Waals surface area contributed by atoms with Crippen molar-refractivity contribution in [2.75, 3.05) is 38.0 Å². The summed E-state index contributed by atoms with van der Waals surface area (Å²) in [5.41, 5.74) is 3.88. The average Bonchev–Trinajstić information content (AvgIpc) is 2.95. The maximum absolute atomic E-state index is 13.3. The van der Waals surface area contributed by atoms with Crippen molar-refractivity contribution < 1.29 is 9.53 Å². The Balaban J connectivity index is 1.21. The van der Waals surface area contributed by atoms with E-state index in [0.717, 1.165) is 35.8 Å². The fraction of sp³-hybridized carbons (Fsp3) is 0.310. The van der Waals surface area contributed by atoms with Crippen molar-refractivity contribution in [3.05, 3.63) is 94.6 Å². The van der Waals surface area contributed by atoms with Crippen LogP contribution in [-0.4, -0.2) is 55.2 Å². The van der Waals surface area contributed by atoms with Crippen LogP contribution in [0.3, 0.4) is 0 Å². The fourth-order valence-electron chi connectivity index (χ4n) is 4.88. The van der Waals surface area contributed by atoms with Gasteiger partial charge >= 0.3 is 0 Å². The molecule has 2 aromatic carbocycles. The van der Waals surface area contributed by atoms with Crippen LogP contribution in [0, 0.1) is 5.92 Å². The van der Waals surface area contributed by atoms with E-state index in [9.17, 15) is 4.79 Å². The topological polar surface area (TPSA) is 57.2 Å². The Kier molecular flexibility index (Phi) is 7.58. The van der Waals surface area contributed by atoms with E-state index in [2.05, 4.69) is 64.0 Å². The van der Waals surface area contributed by atoms with Gasteiger partial charge in [0.1, 0.15) is 5.75 Å². The van der Waals surface area contributed by atoms with Crippen LogP contribution in [0.2, 0.25) is 0 Å². The number of hydrogen-bond acceptors (Lipinski definition) is 6. The molecule has 1 saturated heterocycles. The molecule has 7 heteroatoms.